The second-order valence-electron chi connectivity index (χ2n) is 5.70. The Morgan fingerprint density at radius 2 is 1.95 bits per heavy atom. The fourth-order valence-electron chi connectivity index (χ4n) is 3.24. The van der Waals surface area contributed by atoms with Gasteiger partial charge in [0.15, 0.2) is 0 Å². The van der Waals surface area contributed by atoms with Crippen molar-refractivity contribution >= 4 is 23.4 Å². The highest BCUT2D eigenvalue weighted by Gasteiger charge is 2.33. The average molecular weight is 310 g/mol. The first-order valence-electron chi connectivity index (χ1n) is 7.66. The quantitative estimate of drug-likeness (QED) is 0.879. The molecule has 2 aromatic rings. The van der Waals surface area contributed by atoms with Crippen LogP contribution in [0.2, 0.25) is 0 Å². The molecule has 1 N–H and O–H groups in total. The van der Waals surface area contributed by atoms with E-state index in [1.165, 1.54) is 16.0 Å². The van der Waals surface area contributed by atoms with Crippen molar-refractivity contribution in [3.63, 3.8) is 0 Å². The van der Waals surface area contributed by atoms with Crippen LogP contribution in [0.25, 0.3) is 0 Å². The van der Waals surface area contributed by atoms with Crippen LogP contribution < -0.4 is 10.2 Å². The summed E-state index contributed by atoms with van der Waals surface area (Å²) in [5, 5.41) is 3.40. The number of hydrogen-bond donors (Lipinski definition) is 1. The van der Waals surface area contributed by atoms with E-state index < -0.39 is 0 Å². The third kappa shape index (κ3) is 2.32. The van der Waals surface area contributed by atoms with Gasteiger partial charge in [-0.15, -0.1) is 11.8 Å². The predicted octanol–water partition coefficient (Wildman–Crippen LogP) is 3.01. The maximum atomic E-state index is 13.2. The van der Waals surface area contributed by atoms with E-state index in [-0.39, 0.29) is 11.8 Å². The second kappa shape index (κ2) is 5.78. The molecule has 2 aromatic carbocycles. The number of carbonyl (C=O) groups excluding carboxylic acids is 1. The van der Waals surface area contributed by atoms with Gasteiger partial charge in [0, 0.05) is 36.0 Å². The van der Waals surface area contributed by atoms with Crippen LogP contribution in [-0.2, 0) is 11.3 Å². The predicted molar refractivity (Wildman–Crippen MR) is 90.4 cm³/mol. The van der Waals surface area contributed by atoms with E-state index in [4.69, 9.17) is 0 Å². The molecule has 0 radical (unpaired) electrons. The molecule has 2 heterocycles. The molecular formula is C18H18N2OS. The summed E-state index contributed by atoms with van der Waals surface area (Å²) in [5.41, 5.74) is 3.45. The molecule has 0 saturated carbocycles. The molecule has 0 aromatic heterocycles. The van der Waals surface area contributed by atoms with Crippen LogP contribution in [0, 0.1) is 0 Å². The summed E-state index contributed by atoms with van der Waals surface area (Å²) in [6.45, 7) is 2.40. The Kier molecular flexibility index (Phi) is 3.64. The molecule has 2 aliphatic heterocycles. The Hall–Kier alpha value is -1.78. The Bertz CT molecular complexity index is 716. The highest BCUT2D eigenvalue weighted by atomic mass is 32.2. The Balaban J connectivity index is 1.69. The number of para-hydroxylation sites is 1. The van der Waals surface area contributed by atoms with Crippen molar-refractivity contribution in [3.05, 3.63) is 59.7 Å². The molecule has 112 valence electrons. The molecule has 0 aliphatic carbocycles. The van der Waals surface area contributed by atoms with Crippen molar-refractivity contribution in [3.8, 4) is 0 Å². The molecule has 3 nitrogen and oxygen atoms in total. The summed E-state index contributed by atoms with van der Waals surface area (Å²) in [6.07, 6.45) is 0. The van der Waals surface area contributed by atoms with Crippen LogP contribution in [-0.4, -0.2) is 24.7 Å². The number of hydrogen-bond acceptors (Lipinski definition) is 3. The van der Waals surface area contributed by atoms with Crippen LogP contribution in [0.4, 0.5) is 5.69 Å². The molecule has 0 saturated heterocycles. The fraction of sp³-hybridized carbons (Fsp3) is 0.278. The maximum Gasteiger partial charge on any atom is 0.235 e. The van der Waals surface area contributed by atoms with Gasteiger partial charge < -0.3 is 10.2 Å². The lowest BCUT2D eigenvalue weighted by Gasteiger charge is -2.25. The third-order valence-electron chi connectivity index (χ3n) is 4.37. The van der Waals surface area contributed by atoms with Crippen LogP contribution in [0.1, 0.15) is 17.0 Å². The van der Waals surface area contributed by atoms with Crippen molar-refractivity contribution < 1.29 is 4.79 Å². The van der Waals surface area contributed by atoms with Gasteiger partial charge >= 0.3 is 0 Å². The third-order valence-corrected chi connectivity index (χ3v) is 5.56. The Morgan fingerprint density at radius 3 is 2.91 bits per heavy atom. The lowest BCUT2D eigenvalue weighted by Crippen LogP contribution is -2.38. The van der Waals surface area contributed by atoms with E-state index >= 15 is 0 Å². The van der Waals surface area contributed by atoms with Gasteiger partial charge in [0.1, 0.15) is 0 Å². The average Bonchev–Trinajstić information content (AvgIpc) is 2.87. The molecule has 2 aliphatic rings. The summed E-state index contributed by atoms with van der Waals surface area (Å²) in [6, 6.07) is 16.5. The van der Waals surface area contributed by atoms with Gasteiger partial charge in [0.25, 0.3) is 0 Å². The Morgan fingerprint density at radius 1 is 1.14 bits per heavy atom. The van der Waals surface area contributed by atoms with Crippen molar-refractivity contribution in [2.45, 2.75) is 17.4 Å². The molecular weight excluding hydrogens is 292 g/mol. The summed E-state index contributed by atoms with van der Waals surface area (Å²) in [5.74, 6) is 1.06. The summed E-state index contributed by atoms with van der Waals surface area (Å²) in [7, 11) is 0. The van der Waals surface area contributed by atoms with Crippen molar-refractivity contribution in [2.75, 3.05) is 23.7 Å². The first-order chi connectivity index (χ1) is 10.8. The number of anilines is 1. The largest absolute Gasteiger partial charge is 0.311 e. The van der Waals surface area contributed by atoms with Gasteiger partial charge in [-0.3, -0.25) is 4.79 Å². The lowest BCUT2D eigenvalue weighted by molar-refractivity contribution is -0.119. The number of thioether (sulfide) groups is 1. The molecule has 22 heavy (non-hydrogen) atoms. The number of benzene rings is 2. The zero-order valence-electron chi connectivity index (χ0n) is 12.3. The minimum absolute atomic E-state index is 0.0210. The number of rotatable bonds is 1. The first-order valence-corrected chi connectivity index (χ1v) is 8.65. The molecule has 0 bridgehead atoms. The van der Waals surface area contributed by atoms with Gasteiger partial charge in [-0.2, -0.15) is 0 Å². The second-order valence-corrected chi connectivity index (χ2v) is 6.76. The molecule has 1 atom stereocenters. The van der Waals surface area contributed by atoms with Crippen molar-refractivity contribution in [1.29, 1.82) is 0 Å². The van der Waals surface area contributed by atoms with E-state index in [0.29, 0.717) is 0 Å². The molecule has 4 heteroatoms. The van der Waals surface area contributed by atoms with Gasteiger partial charge in [0.05, 0.1) is 5.92 Å². The smallest absolute Gasteiger partial charge is 0.235 e. The van der Waals surface area contributed by atoms with E-state index in [2.05, 4.69) is 29.6 Å². The van der Waals surface area contributed by atoms with E-state index in [1.54, 1.807) is 11.8 Å². The normalized spacial score (nSPS) is 20.2. The zero-order valence-corrected chi connectivity index (χ0v) is 13.1. The highest BCUT2D eigenvalue weighted by Crippen LogP contribution is 2.41. The molecule has 4 rings (SSSR count). The fourth-order valence-corrected chi connectivity index (χ4v) is 4.46. The van der Waals surface area contributed by atoms with Gasteiger partial charge in [0.2, 0.25) is 5.91 Å². The molecule has 1 amide bonds. The van der Waals surface area contributed by atoms with Gasteiger partial charge in [-0.1, -0.05) is 36.4 Å². The Labute approximate surface area is 134 Å². The van der Waals surface area contributed by atoms with Crippen LogP contribution >= 0.6 is 11.8 Å². The summed E-state index contributed by atoms with van der Waals surface area (Å²) in [4.78, 5) is 16.4. The SMILES string of the molecule is O=C(C1CSc2ccccc21)N1CCNCc2ccccc21. The number of fused-ring (bicyclic) bond motifs is 2. The molecule has 0 spiro atoms. The van der Waals surface area contributed by atoms with E-state index in [1.807, 2.05) is 29.2 Å². The highest BCUT2D eigenvalue weighted by molar-refractivity contribution is 7.99. The van der Waals surface area contributed by atoms with Gasteiger partial charge in [-0.25, -0.2) is 0 Å². The van der Waals surface area contributed by atoms with Crippen LogP contribution in [0.5, 0.6) is 0 Å². The first kappa shape index (κ1) is 13.9. The minimum atomic E-state index is -0.0210. The standard InChI is InChI=1S/C18H18N2OS/c21-18(15-12-22-17-8-4-2-6-14(15)17)20-10-9-19-11-13-5-1-3-7-16(13)20/h1-8,15,19H,9-12H2. The van der Waals surface area contributed by atoms with Crippen molar-refractivity contribution in [1.82, 2.24) is 5.32 Å². The maximum absolute atomic E-state index is 13.2. The minimum Gasteiger partial charge on any atom is -0.311 e. The summed E-state index contributed by atoms with van der Waals surface area (Å²) >= 11 is 1.79. The van der Waals surface area contributed by atoms with Crippen LogP contribution in [0.3, 0.4) is 0 Å². The monoisotopic (exact) mass is 310 g/mol. The molecule has 0 fully saturated rings. The summed E-state index contributed by atoms with van der Waals surface area (Å²) < 4.78 is 0. The number of nitrogens with one attached hydrogen (secondary N) is 1. The van der Waals surface area contributed by atoms with E-state index in [0.717, 1.165) is 31.1 Å². The van der Waals surface area contributed by atoms with Crippen LogP contribution in [0.15, 0.2) is 53.4 Å². The topological polar surface area (TPSA) is 32.3 Å². The van der Waals surface area contributed by atoms with E-state index in [9.17, 15) is 4.79 Å². The van der Waals surface area contributed by atoms with Gasteiger partial charge in [-0.05, 0) is 23.3 Å². The van der Waals surface area contributed by atoms with Crippen molar-refractivity contribution in [2.24, 2.45) is 0 Å². The number of amides is 1. The lowest BCUT2D eigenvalue weighted by atomic mass is 9.99. The number of nitrogens with zero attached hydrogens (tertiary/aromatic N) is 1. The zero-order chi connectivity index (χ0) is 14.9. The number of carbonyl (C=O) groups is 1. The molecule has 1 unspecified atom stereocenters.